The normalized spacial score (nSPS) is 21.5. The maximum absolute atomic E-state index is 12.8. The Labute approximate surface area is 162 Å². The molecule has 1 saturated heterocycles. The molecule has 4 rings (SSSR count). The number of carbonyl (C=O) groups excluding carboxylic acids is 1. The number of pyridine rings is 1. The van der Waals surface area contributed by atoms with Gasteiger partial charge in [0, 0.05) is 43.7 Å². The molecule has 1 aromatic carbocycles. The molecule has 2 aromatic rings. The zero-order valence-electron chi connectivity index (χ0n) is 15.5. The minimum atomic E-state index is -1.05. The lowest BCUT2D eigenvalue weighted by Crippen LogP contribution is -2.55. The van der Waals surface area contributed by atoms with Gasteiger partial charge in [0.2, 0.25) is 0 Å². The van der Waals surface area contributed by atoms with Crippen molar-refractivity contribution < 1.29 is 14.7 Å². The standard InChI is InChI=1S/C21H23N3O4/c25-19-8-4-7-18-16-9-15(12-24(18)19)11-23(13-16)21(28)22-17(20(26)27)10-14-5-2-1-3-6-14/h1-8,15-17H,9-13H2,(H,22,28)(H,26,27)/t15-,16+,17-/m1/s1. The van der Waals surface area contributed by atoms with Crippen LogP contribution in [0.2, 0.25) is 0 Å². The molecule has 0 radical (unpaired) electrons. The fourth-order valence-corrected chi connectivity index (χ4v) is 4.35. The van der Waals surface area contributed by atoms with E-state index in [1.807, 2.05) is 41.0 Å². The summed E-state index contributed by atoms with van der Waals surface area (Å²) in [6.07, 6.45) is 1.18. The summed E-state index contributed by atoms with van der Waals surface area (Å²) in [5.74, 6) is -0.745. The van der Waals surface area contributed by atoms with E-state index in [2.05, 4.69) is 5.32 Å². The summed E-state index contributed by atoms with van der Waals surface area (Å²) in [4.78, 5) is 38.2. The summed E-state index contributed by atoms with van der Waals surface area (Å²) in [6.45, 7) is 1.62. The predicted molar refractivity (Wildman–Crippen MR) is 103 cm³/mol. The second-order valence-corrected chi connectivity index (χ2v) is 7.63. The molecule has 7 heteroatoms. The number of carboxylic acid groups (broad SMARTS) is 1. The minimum absolute atomic E-state index is 0.00101. The van der Waals surface area contributed by atoms with Gasteiger partial charge in [-0.1, -0.05) is 36.4 Å². The highest BCUT2D eigenvalue weighted by molar-refractivity contribution is 5.83. The number of aromatic nitrogens is 1. The number of piperidine rings is 1. The lowest BCUT2D eigenvalue weighted by atomic mass is 9.83. The summed E-state index contributed by atoms with van der Waals surface area (Å²) in [5.41, 5.74) is 1.82. The van der Waals surface area contributed by atoms with Crippen molar-refractivity contribution in [1.82, 2.24) is 14.8 Å². The number of rotatable bonds is 4. The Morgan fingerprint density at radius 2 is 1.86 bits per heavy atom. The van der Waals surface area contributed by atoms with Gasteiger partial charge < -0.3 is 19.9 Å². The molecular formula is C21H23N3O4. The van der Waals surface area contributed by atoms with E-state index in [0.29, 0.717) is 19.6 Å². The molecule has 0 unspecified atom stereocenters. The number of fused-ring (bicyclic) bond motifs is 4. The monoisotopic (exact) mass is 381 g/mol. The average molecular weight is 381 g/mol. The number of urea groups is 1. The topological polar surface area (TPSA) is 91.6 Å². The number of nitrogens with one attached hydrogen (secondary N) is 1. The number of amides is 2. The van der Waals surface area contributed by atoms with E-state index >= 15 is 0 Å². The third-order valence-corrected chi connectivity index (χ3v) is 5.65. The highest BCUT2D eigenvalue weighted by Crippen LogP contribution is 2.34. The van der Waals surface area contributed by atoms with Gasteiger partial charge >= 0.3 is 12.0 Å². The van der Waals surface area contributed by atoms with E-state index in [1.165, 1.54) is 0 Å². The summed E-state index contributed by atoms with van der Waals surface area (Å²) < 4.78 is 1.81. The number of hydrogen-bond acceptors (Lipinski definition) is 3. The molecule has 2 bridgehead atoms. The first kappa shape index (κ1) is 18.3. The van der Waals surface area contributed by atoms with Gasteiger partial charge in [0.1, 0.15) is 6.04 Å². The van der Waals surface area contributed by atoms with Gasteiger partial charge in [-0.3, -0.25) is 4.79 Å². The van der Waals surface area contributed by atoms with Crippen molar-refractivity contribution >= 4 is 12.0 Å². The molecule has 3 atom stereocenters. The van der Waals surface area contributed by atoms with E-state index in [1.54, 1.807) is 17.0 Å². The van der Waals surface area contributed by atoms with Crippen LogP contribution in [0.1, 0.15) is 23.6 Å². The van der Waals surface area contributed by atoms with Crippen LogP contribution in [-0.4, -0.2) is 45.7 Å². The van der Waals surface area contributed by atoms with E-state index in [4.69, 9.17) is 0 Å². The molecule has 2 N–H and O–H groups in total. The Balaban J connectivity index is 1.47. The van der Waals surface area contributed by atoms with E-state index in [-0.39, 0.29) is 29.8 Å². The van der Waals surface area contributed by atoms with E-state index in [0.717, 1.165) is 17.7 Å². The van der Waals surface area contributed by atoms with Crippen LogP contribution < -0.4 is 10.9 Å². The molecule has 1 aromatic heterocycles. The summed E-state index contributed by atoms with van der Waals surface area (Å²) in [5, 5.41) is 12.2. The van der Waals surface area contributed by atoms with Crippen molar-refractivity contribution in [3.05, 3.63) is 70.1 Å². The molecule has 0 saturated carbocycles. The number of carbonyl (C=O) groups is 2. The van der Waals surface area contributed by atoms with Gasteiger partial charge in [0.15, 0.2) is 0 Å². The first-order chi connectivity index (χ1) is 13.5. The van der Waals surface area contributed by atoms with Crippen molar-refractivity contribution in [3.8, 4) is 0 Å². The van der Waals surface area contributed by atoms with Crippen LogP contribution in [-0.2, 0) is 17.8 Å². The molecule has 2 amide bonds. The van der Waals surface area contributed by atoms with Crippen LogP contribution in [0.25, 0.3) is 0 Å². The van der Waals surface area contributed by atoms with Crippen molar-refractivity contribution in [3.63, 3.8) is 0 Å². The van der Waals surface area contributed by atoms with Crippen LogP contribution in [0.3, 0.4) is 0 Å². The Kier molecular flexibility index (Phi) is 4.90. The zero-order valence-corrected chi connectivity index (χ0v) is 15.5. The van der Waals surface area contributed by atoms with Gasteiger partial charge in [0.25, 0.3) is 5.56 Å². The zero-order chi connectivity index (χ0) is 19.7. The van der Waals surface area contributed by atoms with Crippen molar-refractivity contribution in [2.24, 2.45) is 5.92 Å². The quantitative estimate of drug-likeness (QED) is 0.843. The Morgan fingerprint density at radius 3 is 2.61 bits per heavy atom. The molecule has 1 fully saturated rings. The molecule has 146 valence electrons. The van der Waals surface area contributed by atoms with Gasteiger partial charge in [-0.15, -0.1) is 0 Å². The van der Waals surface area contributed by atoms with Crippen LogP contribution >= 0.6 is 0 Å². The fraction of sp³-hybridized carbons (Fsp3) is 0.381. The number of nitrogens with zero attached hydrogens (tertiary/aromatic N) is 2. The SMILES string of the molecule is O=C(O)[C@@H](Cc1ccccc1)NC(=O)N1C[C@H]2C[C@@H](C1)c1cccc(=O)n1C2. The number of carboxylic acids is 1. The highest BCUT2D eigenvalue weighted by Gasteiger charge is 2.37. The molecule has 0 spiro atoms. The lowest BCUT2D eigenvalue weighted by molar-refractivity contribution is -0.139. The fourth-order valence-electron chi connectivity index (χ4n) is 4.35. The lowest BCUT2D eigenvalue weighted by Gasteiger charge is -2.42. The van der Waals surface area contributed by atoms with Gasteiger partial charge in [-0.05, 0) is 24.0 Å². The van der Waals surface area contributed by atoms with Crippen LogP contribution in [0.5, 0.6) is 0 Å². The largest absolute Gasteiger partial charge is 0.480 e. The summed E-state index contributed by atoms with van der Waals surface area (Å²) >= 11 is 0. The molecular weight excluding hydrogens is 358 g/mol. The minimum Gasteiger partial charge on any atom is -0.480 e. The van der Waals surface area contributed by atoms with Crippen LogP contribution in [0.15, 0.2) is 53.3 Å². The molecule has 28 heavy (non-hydrogen) atoms. The van der Waals surface area contributed by atoms with Crippen LogP contribution in [0, 0.1) is 5.92 Å². The van der Waals surface area contributed by atoms with Crippen molar-refractivity contribution in [2.75, 3.05) is 13.1 Å². The van der Waals surface area contributed by atoms with Crippen molar-refractivity contribution in [2.45, 2.75) is 31.3 Å². The maximum Gasteiger partial charge on any atom is 0.326 e. The molecule has 0 aliphatic carbocycles. The highest BCUT2D eigenvalue weighted by atomic mass is 16.4. The van der Waals surface area contributed by atoms with E-state index < -0.39 is 12.0 Å². The Morgan fingerprint density at radius 1 is 1.07 bits per heavy atom. The van der Waals surface area contributed by atoms with Crippen LogP contribution in [0.4, 0.5) is 4.79 Å². The summed E-state index contributed by atoms with van der Waals surface area (Å²) in [6, 6.07) is 13.2. The van der Waals surface area contributed by atoms with Gasteiger partial charge in [0.05, 0.1) is 0 Å². The number of likely N-dealkylation sites (tertiary alicyclic amines) is 1. The second kappa shape index (κ2) is 7.50. The predicted octanol–water partition coefficient (Wildman–Crippen LogP) is 1.67. The average Bonchev–Trinajstić information content (AvgIpc) is 2.69. The first-order valence-electron chi connectivity index (χ1n) is 9.53. The van der Waals surface area contributed by atoms with Crippen molar-refractivity contribution in [1.29, 1.82) is 0 Å². The van der Waals surface area contributed by atoms with Gasteiger partial charge in [-0.25, -0.2) is 9.59 Å². The van der Waals surface area contributed by atoms with E-state index in [9.17, 15) is 19.5 Å². The smallest absolute Gasteiger partial charge is 0.326 e. The number of aliphatic carboxylic acids is 1. The third kappa shape index (κ3) is 3.65. The Hall–Kier alpha value is -3.09. The van der Waals surface area contributed by atoms with Gasteiger partial charge in [-0.2, -0.15) is 0 Å². The maximum atomic E-state index is 12.8. The second-order valence-electron chi connectivity index (χ2n) is 7.63. The molecule has 2 aliphatic heterocycles. The molecule has 2 aliphatic rings. The third-order valence-electron chi connectivity index (χ3n) is 5.65. The molecule has 7 nitrogen and oxygen atoms in total. The Bertz CT molecular complexity index is 940. The molecule has 3 heterocycles. The number of hydrogen-bond donors (Lipinski definition) is 2. The summed E-state index contributed by atoms with van der Waals surface area (Å²) in [7, 11) is 0. The first-order valence-corrected chi connectivity index (χ1v) is 9.53. The number of benzene rings is 1.